The molecule has 19 heavy (non-hydrogen) atoms. The van der Waals surface area contributed by atoms with E-state index in [1.807, 2.05) is 6.07 Å². The molecule has 0 aromatic carbocycles. The fourth-order valence-corrected chi connectivity index (χ4v) is 2.33. The van der Waals surface area contributed by atoms with Crippen molar-refractivity contribution < 1.29 is 14.6 Å². The van der Waals surface area contributed by atoms with Gasteiger partial charge in [-0.05, 0) is 37.8 Å². The molecule has 2 heterocycles. The summed E-state index contributed by atoms with van der Waals surface area (Å²) in [6.45, 7) is 4.13. The average molecular weight is 264 g/mol. The van der Waals surface area contributed by atoms with E-state index in [9.17, 15) is 9.90 Å². The Labute approximate surface area is 113 Å². The second kappa shape index (κ2) is 6.52. The predicted molar refractivity (Wildman–Crippen MR) is 72.2 cm³/mol. The monoisotopic (exact) mass is 264 g/mol. The predicted octanol–water partition coefficient (Wildman–Crippen LogP) is 1.47. The Kier molecular flexibility index (Phi) is 4.74. The number of pyridine rings is 1. The summed E-state index contributed by atoms with van der Waals surface area (Å²) < 4.78 is 4.92. The first-order valence-electron chi connectivity index (χ1n) is 6.73. The molecule has 1 aromatic heterocycles. The zero-order valence-corrected chi connectivity index (χ0v) is 11.2. The SMILES string of the molecule is CCOC(=O)c1ccc(N2CCC[C@@H](CO)C2)nc1. The molecule has 0 spiro atoms. The van der Waals surface area contributed by atoms with Gasteiger partial charge in [0.15, 0.2) is 0 Å². The maximum absolute atomic E-state index is 11.5. The van der Waals surface area contributed by atoms with E-state index in [1.54, 1.807) is 19.2 Å². The molecule has 2 rings (SSSR count). The minimum Gasteiger partial charge on any atom is -0.462 e. The molecule has 0 amide bonds. The lowest BCUT2D eigenvalue weighted by molar-refractivity contribution is 0.0526. The number of ether oxygens (including phenoxy) is 1. The van der Waals surface area contributed by atoms with Crippen molar-refractivity contribution in [3.05, 3.63) is 23.9 Å². The van der Waals surface area contributed by atoms with Crippen LogP contribution in [0.3, 0.4) is 0 Å². The van der Waals surface area contributed by atoms with Gasteiger partial charge in [0.05, 0.1) is 12.2 Å². The van der Waals surface area contributed by atoms with Crippen LogP contribution in [0.2, 0.25) is 0 Å². The van der Waals surface area contributed by atoms with E-state index >= 15 is 0 Å². The number of anilines is 1. The van der Waals surface area contributed by atoms with Crippen molar-refractivity contribution in [3.8, 4) is 0 Å². The van der Waals surface area contributed by atoms with Crippen LogP contribution in [0.15, 0.2) is 18.3 Å². The fourth-order valence-electron chi connectivity index (χ4n) is 2.33. The standard InChI is InChI=1S/C14H20N2O3/c1-2-19-14(18)12-5-6-13(15-8-12)16-7-3-4-11(9-16)10-17/h5-6,8,11,17H,2-4,7,9-10H2,1H3/t11-/m1/s1. The van der Waals surface area contributed by atoms with Crippen molar-refractivity contribution in [2.24, 2.45) is 5.92 Å². The van der Waals surface area contributed by atoms with Crippen LogP contribution in [-0.2, 0) is 4.74 Å². The quantitative estimate of drug-likeness (QED) is 0.834. The fraction of sp³-hybridized carbons (Fsp3) is 0.571. The third kappa shape index (κ3) is 3.44. The summed E-state index contributed by atoms with van der Waals surface area (Å²) in [4.78, 5) is 18.0. The Morgan fingerprint density at radius 1 is 1.58 bits per heavy atom. The number of carbonyl (C=O) groups excluding carboxylic acids is 1. The molecule has 0 unspecified atom stereocenters. The van der Waals surface area contributed by atoms with E-state index in [1.165, 1.54) is 0 Å². The summed E-state index contributed by atoms with van der Waals surface area (Å²) in [5, 5.41) is 9.22. The highest BCUT2D eigenvalue weighted by Gasteiger charge is 2.20. The van der Waals surface area contributed by atoms with Crippen LogP contribution in [-0.4, -0.2) is 42.4 Å². The Morgan fingerprint density at radius 2 is 2.42 bits per heavy atom. The molecule has 1 atom stereocenters. The number of nitrogens with zero attached hydrogens (tertiary/aromatic N) is 2. The lowest BCUT2D eigenvalue weighted by atomic mass is 9.99. The number of esters is 1. The molecule has 0 aliphatic carbocycles. The number of rotatable bonds is 4. The van der Waals surface area contributed by atoms with Crippen LogP contribution in [0.4, 0.5) is 5.82 Å². The van der Waals surface area contributed by atoms with Crippen LogP contribution in [0.1, 0.15) is 30.1 Å². The Bertz CT molecular complexity index is 419. The number of piperidine rings is 1. The number of aliphatic hydroxyl groups excluding tert-OH is 1. The van der Waals surface area contributed by atoms with Crippen molar-refractivity contribution in [1.29, 1.82) is 0 Å². The first-order valence-corrected chi connectivity index (χ1v) is 6.73. The Morgan fingerprint density at radius 3 is 3.05 bits per heavy atom. The van der Waals surface area contributed by atoms with Crippen molar-refractivity contribution >= 4 is 11.8 Å². The summed E-state index contributed by atoms with van der Waals surface area (Å²) in [5.41, 5.74) is 0.473. The number of hydrogen-bond donors (Lipinski definition) is 1. The molecule has 1 aliphatic heterocycles. The van der Waals surface area contributed by atoms with Gasteiger partial charge in [0.2, 0.25) is 0 Å². The zero-order chi connectivity index (χ0) is 13.7. The largest absolute Gasteiger partial charge is 0.462 e. The Balaban J connectivity index is 2.03. The van der Waals surface area contributed by atoms with Gasteiger partial charge in [0.1, 0.15) is 5.82 Å². The van der Waals surface area contributed by atoms with Gasteiger partial charge in [-0.25, -0.2) is 9.78 Å². The van der Waals surface area contributed by atoms with Gasteiger partial charge in [-0.15, -0.1) is 0 Å². The first kappa shape index (κ1) is 13.8. The molecule has 104 valence electrons. The van der Waals surface area contributed by atoms with Crippen LogP contribution in [0.5, 0.6) is 0 Å². The molecule has 0 bridgehead atoms. The lowest BCUT2D eigenvalue weighted by Gasteiger charge is -2.32. The molecule has 1 fully saturated rings. The van der Waals surface area contributed by atoms with E-state index < -0.39 is 0 Å². The molecule has 1 aromatic rings. The molecule has 1 aliphatic rings. The summed E-state index contributed by atoms with van der Waals surface area (Å²) in [7, 11) is 0. The van der Waals surface area contributed by atoms with Gasteiger partial charge in [0, 0.05) is 25.9 Å². The van der Waals surface area contributed by atoms with E-state index in [4.69, 9.17) is 4.74 Å². The maximum Gasteiger partial charge on any atom is 0.339 e. The summed E-state index contributed by atoms with van der Waals surface area (Å²) >= 11 is 0. The van der Waals surface area contributed by atoms with E-state index in [2.05, 4.69) is 9.88 Å². The molecule has 0 saturated carbocycles. The highest BCUT2D eigenvalue weighted by molar-refractivity contribution is 5.89. The van der Waals surface area contributed by atoms with Gasteiger partial charge in [-0.3, -0.25) is 0 Å². The van der Waals surface area contributed by atoms with Crippen molar-refractivity contribution in [2.45, 2.75) is 19.8 Å². The van der Waals surface area contributed by atoms with Gasteiger partial charge in [-0.1, -0.05) is 0 Å². The lowest BCUT2D eigenvalue weighted by Crippen LogP contribution is -2.37. The van der Waals surface area contributed by atoms with Gasteiger partial charge in [0.25, 0.3) is 0 Å². The highest BCUT2D eigenvalue weighted by Crippen LogP contribution is 2.21. The second-order valence-electron chi connectivity index (χ2n) is 4.76. The molecular weight excluding hydrogens is 244 g/mol. The summed E-state index contributed by atoms with van der Waals surface area (Å²) in [6, 6.07) is 3.58. The van der Waals surface area contributed by atoms with Crippen LogP contribution in [0, 0.1) is 5.92 Å². The van der Waals surface area contributed by atoms with E-state index in [0.29, 0.717) is 18.1 Å². The van der Waals surface area contributed by atoms with Crippen LogP contribution in [0.25, 0.3) is 0 Å². The van der Waals surface area contributed by atoms with Crippen molar-refractivity contribution in [3.63, 3.8) is 0 Å². The number of aliphatic hydroxyl groups is 1. The van der Waals surface area contributed by atoms with Crippen molar-refractivity contribution in [2.75, 3.05) is 31.2 Å². The first-order chi connectivity index (χ1) is 9.24. The molecule has 1 N–H and O–H groups in total. The Hall–Kier alpha value is -1.62. The van der Waals surface area contributed by atoms with Crippen LogP contribution >= 0.6 is 0 Å². The molecule has 5 heteroatoms. The molecule has 5 nitrogen and oxygen atoms in total. The van der Waals surface area contributed by atoms with E-state index in [-0.39, 0.29) is 12.6 Å². The highest BCUT2D eigenvalue weighted by atomic mass is 16.5. The topological polar surface area (TPSA) is 62.7 Å². The van der Waals surface area contributed by atoms with Gasteiger partial charge < -0.3 is 14.7 Å². The number of carbonyl (C=O) groups is 1. The maximum atomic E-state index is 11.5. The van der Waals surface area contributed by atoms with Gasteiger partial charge in [-0.2, -0.15) is 0 Å². The zero-order valence-electron chi connectivity index (χ0n) is 11.2. The molecule has 1 saturated heterocycles. The van der Waals surface area contributed by atoms with Crippen molar-refractivity contribution in [1.82, 2.24) is 4.98 Å². The second-order valence-corrected chi connectivity index (χ2v) is 4.76. The smallest absolute Gasteiger partial charge is 0.339 e. The normalized spacial score (nSPS) is 19.3. The molecular formula is C14H20N2O3. The minimum absolute atomic E-state index is 0.220. The molecule has 0 radical (unpaired) electrons. The number of hydrogen-bond acceptors (Lipinski definition) is 5. The van der Waals surface area contributed by atoms with Gasteiger partial charge >= 0.3 is 5.97 Å². The third-order valence-corrected chi connectivity index (χ3v) is 3.36. The number of aromatic nitrogens is 1. The van der Waals surface area contributed by atoms with Crippen LogP contribution < -0.4 is 4.90 Å². The third-order valence-electron chi connectivity index (χ3n) is 3.36. The average Bonchev–Trinajstić information content (AvgIpc) is 2.48. The minimum atomic E-state index is -0.339. The summed E-state index contributed by atoms with van der Waals surface area (Å²) in [5.74, 6) is 0.833. The van der Waals surface area contributed by atoms with E-state index in [0.717, 1.165) is 31.7 Å². The summed E-state index contributed by atoms with van der Waals surface area (Å²) in [6.07, 6.45) is 3.68.